The van der Waals surface area contributed by atoms with E-state index in [4.69, 9.17) is 9.16 Å². The first kappa shape index (κ1) is 31.4. The van der Waals surface area contributed by atoms with Gasteiger partial charge in [0.25, 0.3) is 5.24 Å². The summed E-state index contributed by atoms with van der Waals surface area (Å²) >= 11 is 6.49. The Kier molecular flexibility index (Phi) is 11.1. The number of halogens is 1. The van der Waals surface area contributed by atoms with Crippen molar-refractivity contribution in [2.45, 2.75) is 71.2 Å². The number of aryl methyl sites for hydroxylation is 1. The van der Waals surface area contributed by atoms with Crippen molar-refractivity contribution < 1.29 is 18.8 Å². The summed E-state index contributed by atoms with van der Waals surface area (Å²) in [5.74, 6) is 0.473. The van der Waals surface area contributed by atoms with E-state index in [1.165, 1.54) is 41.3 Å². The van der Waals surface area contributed by atoms with Crippen LogP contribution in [0.25, 0.3) is 0 Å². The number of methoxy groups -OCH3 is 1. The lowest BCUT2D eigenvalue weighted by molar-refractivity contribution is 0.0161. The van der Waals surface area contributed by atoms with E-state index in [1.54, 1.807) is 6.07 Å². The average molecular weight is 642 g/mol. The van der Waals surface area contributed by atoms with Gasteiger partial charge in [-0.15, -0.1) is 11.3 Å². The summed E-state index contributed by atoms with van der Waals surface area (Å²) < 4.78 is 12.9. The molecule has 1 unspecified atom stereocenters. The van der Waals surface area contributed by atoms with E-state index in [0.29, 0.717) is 17.8 Å². The summed E-state index contributed by atoms with van der Waals surface area (Å²) in [7, 11) is -0.593. The van der Waals surface area contributed by atoms with Crippen LogP contribution >= 0.6 is 39.0 Å². The van der Waals surface area contributed by atoms with Crippen molar-refractivity contribution in [1.29, 1.82) is 0 Å². The van der Waals surface area contributed by atoms with E-state index >= 15 is 0 Å². The Balaban J connectivity index is 1.70. The third kappa shape index (κ3) is 8.41. The van der Waals surface area contributed by atoms with Crippen molar-refractivity contribution in [3.63, 3.8) is 0 Å². The highest BCUT2D eigenvalue weighted by molar-refractivity contribution is 9.10. The quantitative estimate of drug-likeness (QED) is 0.187. The normalized spacial score (nSPS) is 16.1. The van der Waals surface area contributed by atoms with Crippen LogP contribution in [0.4, 0.5) is 4.79 Å². The third-order valence-corrected chi connectivity index (χ3v) is 14.8. The molecule has 0 N–H and O–H groups in total. The summed E-state index contributed by atoms with van der Waals surface area (Å²) in [5, 5.41) is 4.29. The van der Waals surface area contributed by atoms with Crippen LogP contribution in [0.1, 0.15) is 52.9 Å². The summed E-state index contributed by atoms with van der Waals surface area (Å²) in [6.45, 7) is 15.7. The van der Waals surface area contributed by atoms with E-state index in [-0.39, 0.29) is 22.4 Å². The highest BCUT2D eigenvalue weighted by Gasteiger charge is 2.39. The summed E-state index contributed by atoms with van der Waals surface area (Å²) in [6.07, 6.45) is 2.45. The highest BCUT2D eigenvalue weighted by atomic mass is 79.9. The molecule has 210 valence electrons. The van der Waals surface area contributed by atoms with E-state index in [2.05, 4.69) is 79.9 Å². The van der Waals surface area contributed by atoms with E-state index < -0.39 is 8.32 Å². The van der Waals surface area contributed by atoms with E-state index in [9.17, 15) is 9.59 Å². The molecule has 38 heavy (non-hydrogen) atoms. The molecule has 1 aliphatic heterocycles. The molecule has 6 nitrogen and oxygen atoms in total. The molecule has 1 amide bonds. The van der Waals surface area contributed by atoms with Gasteiger partial charge in [0.05, 0.1) is 13.2 Å². The summed E-state index contributed by atoms with van der Waals surface area (Å²) in [6, 6.07) is 10.3. The number of thiophene rings is 1. The van der Waals surface area contributed by atoms with Gasteiger partial charge in [-0.1, -0.05) is 60.6 Å². The highest BCUT2D eigenvalue weighted by Crippen LogP contribution is 2.38. The molecule has 0 radical (unpaired) electrons. The molecule has 0 bridgehead atoms. The van der Waals surface area contributed by atoms with Crippen molar-refractivity contribution >= 4 is 58.6 Å². The van der Waals surface area contributed by atoms with Gasteiger partial charge in [0, 0.05) is 41.2 Å². The Morgan fingerprint density at radius 3 is 2.58 bits per heavy atom. The molecule has 2 aromatic rings. The fraction of sp³-hybridized carbons (Fsp3) is 0.571. The Bertz CT molecular complexity index is 1120. The number of carbonyl (C=O) groups is 2. The Morgan fingerprint density at radius 1 is 1.18 bits per heavy atom. The minimum Gasteiger partial charge on any atom is -0.465 e. The van der Waals surface area contributed by atoms with Gasteiger partial charge in [-0.3, -0.25) is 9.80 Å². The van der Waals surface area contributed by atoms with Crippen LogP contribution in [0, 0.1) is 6.92 Å². The molecule has 0 aliphatic carbocycles. The average Bonchev–Trinajstić information content (AvgIpc) is 3.32. The Labute approximate surface area is 245 Å². The number of rotatable bonds is 11. The first-order valence-electron chi connectivity index (χ1n) is 13.1. The molecule has 1 aromatic carbocycles. The molecule has 0 saturated carbocycles. The number of hydrogen-bond donors (Lipinski definition) is 0. The SMILES string of the molecule is COC(=O)c1ccc(CCN2C(=O)SCCN2CCC(Cc2ccc(C)c(Br)c2)O[Si](C)(C)C(C)(C)C)s1. The van der Waals surface area contributed by atoms with Gasteiger partial charge in [-0.2, -0.15) is 0 Å². The molecule has 2 heterocycles. The number of hydrogen-bond acceptors (Lipinski definition) is 7. The predicted molar refractivity (Wildman–Crippen MR) is 165 cm³/mol. The lowest BCUT2D eigenvalue weighted by Crippen LogP contribution is -2.51. The maximum atomic E-state index is 12.9. The third-order valence-electron chi connectivity index (χ3n) is 7.42. The van der Waals surface area contributed by atoms with Crippen LogP contribution in [0.15, 0.2) is 34.8 Å². The molecule has 1 fully saturated rings. The smallest absolute Gasteiger partial charge is 0.348 e. The largest absolute Gasteiger partial charge is 0.465 e. The molecule has 3 rings (SSSR count). The topological polar surface area (TPSA) is 59.1 Å². The molecule has 1 aromatic heterocycles. The fourth-order valence-electron chi connectivity index (χ4n) is 4.07. The van der Waals surface area contributed by atoms with E-state index in [0.717, 1.165) is 41.0 Å². The minimum absolute atomic E-state index is 0.0666. The van der Waals surface area contributed by atoms with Crippen molar-refractivity contribution in [3.8, 4) is 0 Å². The van der Waals surface area contributed by atoms with Gasteiger partial charge in [0.15, 0.2) is 8.32 Å². The van der Waals surface area contributed by atoms with Gasteiger partial charge >= 0.3 is 5.97 Å². The number of carbonyl (C=O) groups excluding carboxylic acids is 2. The molecule has 10 heteroatoms. The Hall–Kier alpha value is -1.17. The second kappa shape index (κ2) is 13.5. The molecule has 1 saturated heterocycles. The monoisotopic (exact) mass is 640 g/mol. The number of amides is 1. The lowest BCUT2D eigenvalue weighted by atomic mass is 10.0. The molecule has 1 atom stereocenters. The number of hydrazine groups is 1. The minimum atomic E-state index is -1.98. The zero-order chi connectivity index (χ0) is 28.1. The van der Waals surface area contributed by atoms with Crippen LogP contribution in [-0.4, -0.2) is 68.1 Å². The Morgan fingerprint density at radius 2 is 1.92 bits per heavy atom. The maximum Gasteiger partial charge on any atom is 0.348 e. The molecular formula is C28H41BrN2O4S2Si. The predicted octanol–water partition coefficient (Wildman–Crippen LogP) is 7.56. The van der Waals surface area contributed by atoms with Gasteiger partial charge in [-0.25, -0.2) is 9.80 Å². The van der Waals surface area contributed by atoms with Crippen molar-refractivity contribution in [1.82, 2.24) is 10.0 Å². The van der Waals surface area contributed by atoms with E-state index in [1.807, 2.05) is 11.1 Å². The first-order chi connectivity index (χ1) is 17.8. The van der Waals surface area contributed by atoms with Gasteiger partial charge in [0.2, 0.25) is 0 Å². The molecule has 1 aliphatic rings. The van der Waals surface area contributed by atoms with Crippen LogP contribution in [0.5, 0.6) is 0 Å². The second-order valence-corrected chi connectivity index (χ2v) is 19.1. The number of ether oxygens (including phenoxy) is 1. The van der Waals surface area contributed by atoms with Crippen molar-refractivity contribution in [2.24, 2.45) is 0 Å². The summed E-state index contributed by atoms with van der Waals surface area (Å²) in [5.41, 5.74) is 2.48. The lowest BCUT2D eigenvalue weighted by Gasteiger charge is -2.41. The first-order valence-corrected chi connectivity index (χ1v) is 18.6. The fourth-order valence-corrected chi connectivity index (χ4v) is 7.63. The zero-order valence-corrected chi connectivity index (χ0v) is 27.9. The summed E-state index contributed by atoms with van der Waals surface area (Å²) in [4.78, 5) is 26.4. The van der Waals surface area contributed by atoms with Crippen LogP contribution < -0.4 is 0 Å². The van der Waals surface area contributed by atoms with Crippen LogP contribution in [0.2, 0.25) is 18.1 Å². The maximum absolute atomic E-state index is 12.9. The van der Waals surface area contributed by atoms with Gasteiger partial charge < -0.3 is 9.16 Å². The molecular weight excluding hydrogens is 600 g/mol. The van der Waals surface area contributed by atoms with Crippen LogP contribution in [-0.2, 0) is 22.0 Å². The number of nitrogens with zero attached hydrogens (tertiary/aromatic N) is 2. The van der Waals surface area contributed by atoms with Gasteiger partial charge in [0.1, 0.15) is 4.88 Å². The van der Waals surface area contributed by atoms with Gasteiger partial charge in [-0.05, 0) is 67.2 Å². The number of esters is 1. The molecule has 0 spiro atoms. The van der Waals surface area contributed by atoms with Crippen LogP contribution in [0.3, 0.4) is 0 Å². The zero-order valence-electron chi connectivity index (χ0n) is 23.6. The van der Waals surface area contributed by atoms with Crippen molar-refractivity contribution in [3.05, 3.63) is 55.7 Å². The van der Waals surface area contributed by atoms with Crippen molar-refractivity contribution in [2.75, 3.05) is 32.5 Å². The second-order valence-electron chi connectivity index (χ2n) is 11.3. The number of thioether (sulfide) groups is 1. The standard InChI is InChI=1S/C28H41BrN2O4S2Si/c1-20-8-9-21(19-24(20)29)18-22(35-38(6,7)28(2,3)4)12-14-30-16-17-36-27(33)31(30)15-13-23-10-11-25(37-23)26(32)34-5/h8-11,19,22H,12-18H2,1-7H3. The number of benzene rings is 1.